The van der Waals surface area contributed by atoms with Gasteiger partial charge in [0, 0.05) is 6.04 Å². The Morgan fingerprint density at radius 3 is 2.38 bits per heavy atom. The lowest BCUT2D eigenvalue weighted by Crippen LogP contribution is -2.17. The summed E-state index contributed by atoms with van der Waals surface area (Å²) in [6.07, 6.45) is 9.83. The van der Waals surface area contributed by atoms with Crippen molar-refractivity contribution in [3.63, 3.8) is 0 Å². The summed E-state index contributed by atoms with van der Waals surface area (Å²) in [5.41, 5.74) is 0. The molecule has 0 aromatic rings. The summed E-state index contributed by atoms with van der Waals surface area (Å²) in [4.78, 5) is 0. The molecule has 1 saturated carbocycles. The first-order chi connectivity index (χ1) is 6.36. The van der Waals surface area contributed by atoms with Crippen LogP contribution in [0, 0.1) is 5.92 Å². The topological polar surface area (TPSA) is 12.0 Å². The summed E-state index contributed by atoms with van der Waals surface area (Å²) in [7, 11) is 0. The summed E-state index contributed by atoms with van der Waals surface area (Å²) in [6.45, 7) is 5.89. The minimum Gasteiger partial charge on any atom is -0.314 e. The lowest BCUT2D eigenvalue weighted by Gasteiger charge is -2.11. The van der Waals surface area contributed by atoms with Gasteiger partial charge in [0.2, 0.25) is 0 Å². The smallest absolute Gasteiger partial charge is 0.00682 e. The Labute approximate surface area is 83.3 Å². The standard InChI is InChI=1S/C12H25N/c1-3-11(4-2)7-5-6-10-13-12-8-9-12/h11-13H,3-10H2,1-2H3. The molecule has 13 heavy (non-hydrogen) atoms. The van der Waals surface area contributed by atoms with Crippen LogP contribution in [0.3, 0.4) is 0 Å². The number of nitrogens with one attached hydrogen (secondary N) is 1. The minimum absolute atomic E-state index is 0.896. The third-order valence-electron chi connectivity index (χ3n) is 3.20. The lowest BCUT2D eigenvalue weighted by atomic mass is 9.97. The highest BCUT2D eigenvalue weighted by Gasteiger charge is 2.19. The van der Waals surface area contributed by atoms with Gasteiger partial charge in [0.1, 0.15) is 0 Å². The maximum Gasteiger partial charge on any atom is 0.00682 e. The van der Waals surface area contributed by atoms with Crippen molar-refractivity contribution >= 4 is 0 Å². The molecular weight excluding hydrogens is 158 g/mol. The maximum absolute atomic E-state index is 3.57. The van der Waals surface area contributed by atoms with Crippen molar-refractivity contribution in [1.82, 2.24) is 5.32 Å². The number of unbranched alkanes of at least 4 members (excludes halogenated alkanes) is 1. The summed E-state index contributed by atoms with van der Waals surface area (Å²) in [5.74, 6) is 0.987. The van der Waals surface area contributed by atoms with Gasteiger partial charge in [-0.2, -0.15) is 0 Å². The molecular formula is C12H25N. The van der Waals surface area contributed by atoms with Crippen LogP contribution in [0.5, 0.6) is 0 Å². The largest absolute Gasteiger partial charge is 0.314 e. The second-order valence-electron chi connectivity index (χ2n) is 4.41. The number of rotatable bonds is 8. The van der Waals surface area contributed by atoms with E-state index >= 15 is 0 Å². The van der Waals surface area contributed by atoms with Gasteiger partial charge in [0.25, 0.3) is 0 Å². The zero-order chi connectivity index (χ0) is 9.52. The summed E-state index contributed by atoms with van der Waals surface area (Å²) >= 11 is 0. The molecule has 1 aliphatic carbocycles. The second kappa shape index (κ2) is 6.42. The van der Waals surface area contributed by atoms with Crippen LogP contribution in [0.2, 0.25) is 0 Å². The Kier molecular flexibility index (Phi) is 5.45. The van der Waals surface area contributed by atoms with E-state index in [1.54, 1.807) is 0 Å². The van der Waals surface area contributed by atoms with Crippen LogP contribution in [0.15, 0.2) is 0 Å². The van der Waals surface area contributed by atoms with Gasteiger partial charge in [-0.05, 0) is 31.7 Å². The van der Waals surface area contributed by atoms with E-state index in [4.69, 9.17) is 0 Å². The Morgan fingerprint density at radius 2 is 1.85 bits per heavy atom. The van der Waals surface area contributed by atoms with Gasteiger partial charge in [-0.3, -0.25) is 0 Å². The van der Waals surface area contributed by atoms with E-state index in [0.717, 1.165) is 12.0 Å². The lowest BCUT2D eigenvalue weighted by molar-refractivity contribution is 0.429. The van der Waals surface area contributed by atoms with Crippen LogP contribution in [0.25, 0.3) is 0 Å². The molecule has 0 aromatic heterocycles. The fraction of sp³-hybridized carbons (Fsp3) is 1.00. The molecule has 1 aliphatic rings. The van der Waals surface area contributed by atoms with E-state index in [2.05, 4.69) is 19.2 Å². The van der Waals surface area contributed by atoms with Crippen LogP contribution in [0.1, 0.15) is 58.8 Å². The maximum atomic E-state index is 3.57. The molecule has 0 aliphatic heterocycles. The third-order valence-corrected chi connectivity index (χ3v) is 3.20. The van der Waals surface area contributed by atoms with E-state index in [0.29, 0.717) is 0 Å². The first-order valence-corrected chi connectivity index (χ1v) is 6.10. The quantitative estimate of drug-likeness (QED) is 0.569. The zero-order valence-electron chi connectivity index (χ0n) is 9.31. The molecule has 0 saturated heterocycles. The van der Waals surface area contributed by atoms with Crippen molar-refractivity contribution in [2.45, 2.75) is 64.8 Å². The number of hydrogen-bond acceptors (Lipinski definition) is 1. The molecule has 0 aromatic carbocycles. The average Bonchev–Trinajstić information content (AvgIpc) is 2.95. The third kappa shape index (κ3) is 5.30. The fourth-order valence-corrected chi connectivity index (χ4v) is 1.85. The zero-order valence-corrected chi connectivity index (χ0v) is 9.31. The van der Waals surface area contributed by atoms with Crippen LogP contribution in [-0.4, -0.2) is 12.6 Å². The van der Waals surface area contributed by atoms with Gasteiger partial charge in [-0.25, -0.2) is 0 Å². The van der Waals surface area contributed by atoms with E-state index in [-0.39, 0.29) is 0 Å². The summed E-state index contributed by atoms with van der Waals surface area (Å²) in [6, 6.07) is 0.896. The van der Waals surface area contributed by atoms with Gasteiger partial charge < -0.3 is 5.32 Å². The van der Waals surface area contributed by atoms with Crippen molar-refractivity contribution in [3.05, 3.63) is 0 Å². The van der Waals surface area contributed by atoms with E-state index < -0.39 is 0 Å². The predicted octanol–water partition coefficient (Wildman–Crippen LogP) is 3.34. The molecule has 0 spiro atoms. The first kappa shape index (κ1) is 11.0. The molecule has 1 heteroatoms. The molecule has 0 unspecified atom stereocenters. The van der Waals surface area contributed by atoms with Gasteiger partial charge in [0.15, 0.2) is 0 Å². The van der Waals surface area contributed by atoms with Gasteiger partial charge in [0.05, 0.1) is 0 Å². The molecule has 0 heterocycles. The molecule has 1 rings (SSSR count). The second-order valence-corrected chi connectivity index (χ2v) is 4.41. The molecule has 1 N–H and O–H groups in total. The van der Waals surface area contributed by atoms with Crippen molar-refractivity contribution < 1.29 is 0 Å². The van der Waals surface area contributed by atoms with Gasteiger partial charge >= 0.3 is 0 Å². The molecule has 1 fully saturated rings. The van der Waals surface area contributed by atoms with Crippen molar-refractivity contribution in [3.8, 4) is 0 Å². The van der Waals surface area contributed by atoms with Crippen LogP contribution >= 0.6 is 0 Å². The normalized spacial score (nSPS) is 16.8. The van der Waals surface area contributed by atoms with E-state index in [9.17, 15) is 0 Å². The minimum atomic E-state index is 0.896. The fourth-order valence-electron chi connectivity index (χ4n) is 1.85. The van der Waals surface area contributed by atoms with Gasteiger partial charge in [-0.15, -0.1) is 0 Å². The predicted molar refractivity (Wildman–Crippen MR) is 58.9 cm³/mol. The molecule has 0 atom stereocenters. The van der Waals surface area contributed by atoms with Crippen molar-refractivity contribution in [2.24, 2.45) is 5.92 Å². The molecule has 0 bridgehead atoms. The highest BCUT2D eigenvalue weighted by Crippen LogP contribution is 2.19. The molecule has 0 radical (unpaired) electrons. The Morgan fingerprint density at radius 1 is 1.15 bits per heavy atom. The first-order valence-electron chi connectivity index (χ1n) is 6.10. The van der Waals surface area contributed by atoms with Crippen LogP contribution in [-0.2, 0) is 0 Å². The molecule has 78 valence electrons. The average molecular weight is 183 g/mol. The van der Waals surface area contributed by atoms with Crippen molar-refractivity contribution in [1.29, 1.82) is 0 Å². The van der Waals surface area contributed by atoms with Gasteiger partial charge in [-0.1, -0.05) is 39.5 Å². The Balaban J connectivity index is 1.81. The summed E-state index contributed by atoms with van der Waals surface area (Å²) < 4.78 is 0. The SMILES string of the molecule is CCC(CC)CCCCNC1CC1. The molecule has 1 nitrogen and oxygen atoms in total. The molecule has 0 amide bonds. The van der Waals surface area contributed by atoms with E-state index in [1.807, 2.05) is 0 Å². The summed E-state index contributed by atoms with van der Waals surface area (Å²) in [5, 5.41) is 3.57. The number of hydrogen-bond donors (Lipinski definition) is 1. The highest BCUT2D eigenvalue weighted by atomic mass is 14.9. The van der Waals surface area contributed by atoms with Crippen molar-refractivity contribution in [2.75, 3.05) is 6.54 Å². The Hall–Kier alpha value is -0.0400. The highest BCUT2D eigenvalue weighted by molar-refractivity contribution is 4.80. The Bertz CT molecular complexity index is 114. The van der Waals surface area contributed by atoms with E-state index in [1.165, 1.54) is 51.5 Å². The van der Waals surface area contributed by atoms with Crippen LogP contribution in [0.4, 0.5) is 0 Å². The van der Waals surface area contributed by atoms with Crippen LogP contribution < -0.4 is 5.32 Å². The monoisotopic (exact) mass is 183 g/mol.